The van der Waals surface area contributed by atoms with Crippen molar-refractivity contribution in [3.63, 3.8) is 0 Å². The highest BCUT2D eigenvalue weighted by Crippen LogP contribution is 2.19. The van der Waals surface area contributed by atoms with Gasteiger partial charge in [0.15, 0.2) is 0 Å². The third-order valence-electron chi connectivity index (χ3n) is 4.59. The lowest BCUT2D eigenvalue weighted by molar-refractivity contribution is -0.123. The first-order valence-electron chi connectivity index (χ1n) is 9.44. The molecule has 0 aliphatic carbocycles. The van der Waals surface area contributed by atoms with Gasteiger partial charge >= 0.3 is 0 Å². The van der Waals surface area contributed by atoms with Crippen molar-refractivity contribution in [1.82, 2.24) is 0 Å². The highest BCUT2D eigenvalue weighted by atomic mass is 16.5. The predicted molar refractivity (Wildman–Crippen MR) is 115 cm³/mol. The van der Waals surface area contributed by atoms with Crippen molar-refractivity contribution in [3.8, 4) is 5.75 Å². The lowest BCUT2D eigenvalue weighted by Crippen LogP contribution is -2.21. The lowest BCUT2D eigenvalue weighted by atomic mass is 10.1. The Bertz CT molecular complexity index is 983. The maximum absolute atomic E-state index is 12.2. The van der Waals surface area contributed by atoms with Crippen LogP contribution in [0, 0.1) is 13.8 Å². The van der Waals surface area contributed by atoms with E-state index >= 15 is 0 Å². The smallest absolute Gasteiger partial charge is 0.233 e. The first kappa shape index (κ1) is 20.1. The Morgan fingerprint density at radius 1 is 0.793 bits per heavy atom. The fourth-order valence-corrected chi connectivity index (χ4v) is 2.81. The van der Waals surface area contributed by atoms with E-state index in [9.17, 15) is 9.59 Å². The number of rotatable bonds is 7. The summed E-state index contributed by atoms with van der Waals surface area (Å²) in [6.07, 6.45) is -0.250. The van der Waals surface area contributed by atoms with Crippen LogP contribution in [-0.2, 0) is 16.2 Å². The number of carbonyl (C=O) groups excluding carboxylic acids is 2. The average Bonchev–Trinajstić information content (AvgIpc) is 2.71. The zero-order valence-corrected chi connectivity index (χ0v) is 16.6. The Morgan fingerprint density at radius 3 is 2.21 bits per heavy atom. The molecule has 2 N–H and O–H groups in total. The second-order valence-electron chi connectivity index (χ2n) is 6.82. The fraction of sp³-hybridized carbons (Fsp3) is 0.167. The summed E-state index contributed by atoms with van der Waals surface area (Å²) in [6, 6.07) is 22.6. The van der Waals surface area contributed by atoms with Crippen LogP contribution < -0.4 is 15.4 Å². The van der Waals surface area contributed by atoms with Gasteiger partial charge in [0.05, 0.1) is 0 Å². The molecule has 0 fully saturated rings. The van der Waals surface area contributed by atoms with Crippen molar-refractivity contribution in [2.75, 3.05) is 10.6 Å². The molecule has 2 amide bonds. The normalized spacial score (nSPS) is 10.3. The van der Waals surface area contributed by atoms with E-state index in [-0.39, 0.29) is 18.2 Å². The monoisotopic (exact) mass is 388 g/mol. The Hall–Kier alpha value is -3.60. The second kappa shape index (κ2) is 9.55. The molecule has 0 bridgehead atoms. The Kier molecular flexibility index (Phi) is 6.63. The molecule has 0 atom stereocenters. The number of nitrogens with one attached hydrogen (secondary N) is 2. The van der Waals surface area contributed by atoms with Crippen LogP contribution in [0.15, 0.2) is 72.8 Å². The number of hydrogen-bond donors (Lipinski definition) is 2. The van der Waals surface area contributed by atoms with Crippen LogP contribution in [0.5, 0.6) is 5.75 Å². The maximum atomic E-state index is 12.2. The standard InChI is InChI=1S/C24H24N2O3/c1-17-7-6-10-22(18(17)2)26-24(28)15-23(27)25-20-11-13-21(14-12-20)29-16-19-8-4-3-5-9-19/h3-14H,15-16H2,1-2H3,(H,25,27)(H,26,28). The minimum Gasteiger partial charge on any atom is -0.489 e. The number of amides is 2. The van der Waals surface area contributed by atoms with Crippen LogP contribution in [0.25, 0.3) is 0 Å². The highest BCUT2D eigenvalue weighted by molar-refractivity contribution is 6.08. The molecule has 0 spiro atoms. The minimum atomic E-state index is -0.370. The average molecular weight is 388 g/mol. The van der Waals surface area contributed by atoms with Crippen molar-refractivity contribution in [1.29, 1.82) is 0 Å². The first-order chi connectivity index (χ1) is 14.0. The number of anilines is 2. The largest absolute Gasteiger partial charge is 0.489 e. The molecule has 3 aromatic carbocycles. The fourth-order valence-electron chi connectivity index (χ4n) is 2.81. The zero-order chi connectivity index (χ0) is 20.6. The molecular formula is C24H24N2O3. The molecule has 5 heteroatoms. The van der Waals surface area contributed by atoms with Crippen molar-refractivity contribution < 1.29 is 14.3 Å². The van der Waals surface area contributed by atoms with Gasteiger partial charge in [-0.05, 0) is 60.9 Å². The summed E-state index contributed by atoms with van der Waals surface area (Å²) in [7, 11) is 0. The number of ether oxygens (including phenoxy) is 1. The van der Waals surface area contributed by atoms with Crippen LogP contribution in [0.1, 0.15) is 23.1 Å². The topological polar surface area (TPSA) is 67.4 Å². The van der Waals surface area contributed by atoms with E-state index in [4.69, 9.17) is 4.74 Å². The molecule has 0 unspecified atom stereocenters. The molecule has 0 saturated carbocycles. The van der Waals surface area contributed by atoms with Gasteiger partial charge in [0.2, 0.25) is 11.8 Å². The van der Waals surface area contributed by atoms with Gasteiger partial charge in [-0.1, -0.05) is 42.5 Å². The first-order valence-corrected chi connectivity index (χ1v) is 9.44. The van der Waals surface area contributed by atoms with Gasteiger partial charge in [-0.15, -0.1) is 0 Å². The van der Waals surface area contributed by atoms with E-state index in [1.54, 1.807) is 24.3 Å². The van der Waals surface area contributed by atoms with Gasteiger partial charge in [0, 0.05) is 11.4 Å². The van der Waals surface area contributed by atoms with Crippen LogP contribution >= 0.6 is 0 Å². The molecule has 0 aliphatic rings. The van der Waals surface area contributed by atoms with Crippen LogP contribution in [0.4, 0.5) is 11.4 Å². The lowest BCUT2D eigenvalue weighted by Gasteiger charge is -2.11. The molecular weight excluding hydrogens is 364 g/mol. The molecule has 0 radical (unpaired) electrons. The molecule has 0 aromatic heterocycles. The van der Waals surface area contributed by atoms with Gasteiger partial charge in [-0.25, -0.2) is 0 Å². The highest BCUT2D eigenvalue weighted by Gasteiger charge is 2.11. The van der Waals surface area contributed by atoms with Crippen molar-refractivity contribution in [2.45, 2.75) is 26.9 Å². The van der Waals surface area contributed by atoms with Gasteiger partial charge in [0.25, 0.3) is 0 Å². The van der Waals surface area contributed by atoms with E-state index in [2.05, 4.69) is 10.6 Å². The molecule has 3 rings (SSSR count). The quantitative estimate of drug-likeness (QED) is 0.569. The van der Waals surface area contributed by atoms with Crippen molar-refractivity contribution in [3.05, 3.63) is 89.5 Å². The van der Waals surface area contributed by atoms with Gasteiger partial charge < -0.3 is 15.4 Å². The van der Waals surface area contributed by atoms with Crippen LogP contribution in [0.3, 0.4) is 0 Å². The summed E-state index contributed by atoms with van der Waals surface area (Å²) < 4.78 is 5.73. The van der Waals surface area contributed by atoms with Crippen molar-refractivity contribution in [2.24, 2.45) is 0 Å². The second-order valence-corrected chi connectivity index (χ2v) is 6.82. The van der Waals surface area contributed by atoms with Gasteiger partial charge in [-0.2, -0.15) is 0 Å². The van der Waals surface area contributed by atoms with Gasteiger partial charge in [-0.3, -0.25) is 9.59 Å². The number of hydrogen-bond acceptors (Lipinski definition) is 3. The minimum absolute atomic E-state index is 0.250. The summed E-state index contributed by atoms with van der Waals surface area (Å²) >= 11 is 0. The summed E-state index contributed by atoms with van der Waals surface area (Å²) in [5.74, 6) is -0.00991. The summed E-state index contributed by atoms with van der Waals surface area (Å²) in [5.41, 5.74) is 4.50. The maximum Gasteiger partial charge on any atom is 0.233 e. The van der Waals surface area contributed by atoms with E-state index in [0.717, 1.165) is 22.4 Å². The Morgan fingerprint density at radius 2 is 1.48 bits per heavy atom. The van der Waals surface area contributed by atoms with E-state index in [1.807, 2.05) is 62.4 Å². The zero-order valence-electron chi connectivity index (χ0n) is 16.6. The summed E-state index contributed by atoms with van der Waals surface area (Å²) in [6.45, 7) is 4.39. The van der Waals surface area contributed by atoms with E-state index in [1.165, 1.54) is 0 Å². The Balaban J connectivity index is 1.48. The molecule has 148 valence electrons. The Labute approximate surface area is 170 Å². The molecule has 0 heterocycles. The SMILES string of the molecule is Cc1cccc(NC(=O)CC(=O)Nc2ccc(OCc3ccccc3)cc2)c1C. The van der Waals surface area contributed by atoms with Crippen LogP contribution in [-0.4, -0.2) is 11.8 Å². The van der Waals surface area contributed by atoms with E-state index in [0.29, 0.717) is 18.0 Å². The van der Waals surface area contributed by atoms with Crippen molar-refractivity contribution >= 4 is 23.2 Å². The molecule has 0 saturated heterocycles. The number of benzene rings is 3. The van der Waals surface area contributed by atoms with Gasteiger partial charge in [0.1, 0.15) is 18.8 Å². The number of aryl methyl sites for hydroxylation is 1. The number of carbonyl (C=O) groups is 2. The molecule has 29 heavy (non-hydrogen) atoms. The predicted octanol–water partition coefficient (Wildman–Crippen LogP) is 4.85. The third kappa shape index (κ3) is 5.94. The molecule has 3 aromatic rings. The molecule has 5 nitrogen and oxygen atoms in total. The summed E-state index contributed by atoms with van der Waals surface area (Å²) in [5, 5.41) is 5.52. The van der Waals surface area contributed by atoms with E-state index < -0.39 is 0 Å². The molecule has 0 aliphatic heterocycles. The third-order valence-corrected chi connectivity index (χ3v) is 4.59. The summed E-state index contributed by atoms with van der Waals surface area (Å²) in [4.78, 5) is 24.3. The van der Waals surface area contributed by atoms with Crippen LogP contribution in [0.2, 0.25) is 0 Å².